The highest BCUT2D eigenvalue weighted by Crippen LogP contribution is 2.20. The molecule has 0 amide bonds. The average molecular weight is 345 g/mol. The smallest absolute Gasteiger partial charge is 0.485 e. The number of azide groups is 1. The summed E-state index contributed by atoms with van der Waals surface area (Å²) in [5, 5.41) is 3.59. The Bertz CT molecular complexity index is 497. The molecule has 0 unspecified atom stereocenters. The van der Waals surface area contributed by atoms with E-state index in [0.717, 1.165) is 6.42 Å². The lowest BCUT2D eigenvalue weighted by atomic mass is 10.1. The molecule has 0 aromatic rings. The van der Waals surface area contributed by atoms with E-state index < -0.39 is 15.6 Å². The summed E-state index contributed by atoms with van der Waals surface area (Å²) in [7, 11) is -6.09. The SMILES string of the molecule is O=S(=O)([O-])C(F)(F)F.[N-]=[N+]=NCCC[N+]12CCN(CC1)CC2. The summed E-state index contributed by atoms with van der Waals surface area (Å²) in [4.78, 5) is 5.34. The van der Waals surface area contributed by atoms with Crippen LogP contribution >= 0.6 is 0 Å². The van der Waals surface area contributed by atoms with Crippen LogP contribution in [0, 0.1) is 0 Å². The van der Waals surface area contributed by atoms with E-state index in [-0.39, 0.29) is 0 Å². The largest absolute Gasteiger partial charge is 0.741 e. The number of rotatable bonds is 4. The average Bonchev–Trinajstić information content (AvgIpc) is 2.44. The van der Waals surface area contributed by atoms with Gasteiger partial charge in [0.25, 0.3) is 0 Å². The minimum absolute atomic E-state index is 0.667. The van der Waals surface area contributed by atoms with Crippen LogP contribution in [0.3, 0.4) is 0 Å². The van der Waals surface area contributed by atoms with E-state index in [4.69, 9.17) is 18.5 Å². The van der Waals surface area contributed by atoms with Crippen LogP contribution in [0.4, 0.5) is 13.2 Å². The molecule has 3 aliphatic heterocycles. The van der Waals surface area contributed by atoms with Crippen molar-refractivity contribution in [3.63, 3.8) is 0 Å². The van der Waals surface area contributed by atoms with Crippen LogP contribution in [0.1, 0.15) is 6.42 Å². The van der Waals surface area contributed by atoms with E-state index in [2.05, 4.69) is 14.9 Å². The zero-order chi connectivity index (χ0) is 16.9. The first-order valence-electron chi connectivity index (χ1n) is 6.70. The fourth-order valence-corrected chi connectivity index (χ4v) is 2.59. The molecule has 0 radical (unpaired) electrons. The van der Waals surface area contributed by atoms with Crippen molar-refractivity contribution < 1.29 is 30.6 Å². The molecule has 2 bridgehead atoms. The lowest BCUT2D eigenvalue weighted by Gasteiger charge is -2.50. The van der Waals surface area contributed by atoms with Crippen molar-refractivity contribution >= 4 is 10.1 Å². The molecule has 8 nitrogen and oxygen atoms in total. The topological polar surface area (TPSA) is 109 Å². The summed E-state index contributed by atoms with van der Waals surface area (Å²) in [5.74, 6) is 0. The summed E-state index contributed by atoms with van der Waals surface area (Å²) in [6, 6.07) is 0. The number of hydrogen-bond donors (Lipinski definition) is 0. The van der Waals surface area contributed by atoms with Crippen molar-refractivity contribution in [3.8, 4) is 0 Å². The van der Waals surface area contributed by atoms with Gasteiger partial charge in [0.05, 0.1) is 26.2 Å². The van der Waals surface area contributed by atoms with E-state index in [1.165, 1.54) is 50.3 Å². The Morgan fingerprint density at radius 3 is 2.05 bits per heavy atom. The first-order valence-corrected chi connectivity index (χ1v) is 8.11. The van der Waals surface area contributed by atoms with Gasteiger partial charge in [0.2, 0.25) is 0 Å². The zero-order valence-electron chi connectivity index (χ0n) is 11.9. The lowest BCUT2D eigenvalue weighted by Crippen LogP contribution is -2.67. The Kier molecular flexibility index (Phi) is 6.44. The molecule has 3 saturated heterocycles. The van der Waals surface area contributed by atoms with Crippen molar-refractivity contribution in [2.75, 3.05) is 52.4 Å². The third-order valence-corrected chi connectivity index (χ3v) is 4.48. The first kappa shape index (κ1) is 19.0. The molecule has 0 N–H and O–H groups in total. The maximum absolute atomic E-state index is 10.7. The van der Waals surface area contributed by atoms with E-state index in [1.54, 1.807) is 0 Å². The van der Waals surface area contributed by atoms with Crippen LogP contribution in [0.2, 0.25) is 0 Å². The molecule has 128 valence electrons. The number of piperazine rings is 3. The van der Waals surface area contributed by atoms with Gasteiger partial charge in [-0.1, -0.05) is 5.11 Å². The summed E-state index contributed by atoms with van der Waals surface area (Å²) in [6.45, 7) is 9.57. The van der Waals surface area contributed by atoms with E-state index in [1.807, 2.05) is 0 Å². The zero-order valence-corrected chi connectivity index (χ0v) is 12.7. The molecule has 3 rings (SSSR count). The van der Waals surface area contributed by atoms with Gasteiger partial charge in [0.15, 0.2) is 10.1 Å². The van der Waals surface area contributed by atoms with Crippen molar-refractivity contribution in [1.29, 1.82) is 0 Å². The molecule has 0 spiro atoms. The third kappa shape index (κ3) is 5.61. The molecule has 3 fully saturated rings. The van der Waals surface area contributed by atoms with Crippen molar-refractivity contribution in [1.82, 2.24) is 4.90 Å². The molecule has 0 saturated carbocycles. The van der Waals surface area contributed by atoms with Gasteiger partial charge in [-0.05, 0) is 5.53 Å². The summed E-state index contributed by atoms with van der Waals surface area (Å²) in [6.07, 6.45) is 1.05. The molecule has 0 aromatic carbocycles. The molecule has 3 aliphatic rings. The molecule has 0 aromatic heterocycles. The maximum atomic E-state index is 10.7. The number of halogens is 3. The highest BCUT2D eigenvalue weighted by atomic mass is 32.2. The molecular formula is C10H18F3N5O3S. The molecule has 0 aliphatic carbocycles. The number of alkyl halides is 3. The van der Waals surface area contributed by atoms with E-state index in [9.17, 15) is 13.2 Å². The maximum Gasteiger partial charge on any atom is 0.485 e. The molecular weight excluding hydrogens is 327 g/mol. The van der Waals surface area contributed by atoms with Gasteiger partial charge >= 0.3 is 5.51 Å². The van der Waals surface area contributed by atoms with Crippen LogP contribution in [0.15, 0.2) is 5.11 Å². The summed E-state index contributed by atoms with van der Waals surface area (Å²) >= 11 is 0. The summed E-state index contributed by atoms with van der Waals surface area (Å²) in [5.41, 5.74) is 2.53. The van der Waals surface area contributed by atoms with Crippen LogP contribution in [0.5, 0.6) is 0 Å². The molecule has 0 atom stereocenters. The molecule has 12 heteroatoms. The van der Waals surface area contributed by atoms with Gasteiger partial charge in [-0.3, -0.25) is 4.90 Å². The molecule has 22 heavy (non-hydrogen) atoms. The van der Waals surface area contributed by atoms with E-state index >= 15 is 0 Å². The standard InChI is InChI=1S/C9H18N5.CHF3O3S/c10-12-11-2-1-6-14-7-3-13(4-8-14)5-9-14;2-1(3,4)8(5,6)7/h1-9H2;(H,5,6,7)/q+1;/p-1. The Morgan fingerprint density at radius 1 is 1.23 bits per heavy atom. The predicted octanol–water partition coefficient (Wildman–Crippen LogP) is 0.884. The van der Waals surface area contributed by atoms with Gasteiger partial charge < -0.3 is 9.04 Å². The van der Waals surface area contributed by atoms with Gasteiger partial charge in [-0.15, -0.1) is 0 Å². The Labute approximate surface area is 126 Å². The highest BCUT2D eigenvalue weighted by Gasteiger charge is 2.37. The van der Waals surface area contributed by atoms with Gasteiger partial charge in [-0.2, -0.15) is 13.2 Å². The Morgan fingerprint density at radius 2 is 1.68 bits per heavy atom. The minimum atomic E-state index is -6.09. The number of nitrogens with zero attached hydrogens (tertiary/aromatic N) is 5. The van der Waals surface area contributed by atoms with Gasteiger partial charge in [0.1, 0.15) is 0 Å². The Balaban J connectivity index is 0.000000261. The number of fused-ring (bicyclic) bond motifs is 3. The van der Waals surface area contributed by atoms with E-state index in [0.29, 0.717) is 6.54 Å². The van der Waals surface area contributed by atoms with Crippen LogP contribution in [0.25, 0.3) is 10.4 Å². The van der Waals surface area contributed by atoms with Crippen LogP contribution in [-0.2, 0) is 10.1 Å². The third-order valence-electron chi connectivity index (χ3n) is 3.91. The summed E-state index contributed by atoms with van der Waals surface area (Å²) < 4.78 is 60.2. The van der Waals surface area contributed by atoms with Crippen molar-refractivity contribution in [3.05, 3.63) is 10.4 Å². The second-order valence-corrected chi connectivity index (χ2v) is 6.66. The van der Waals surface area contributed by atoms with Crippen molar-refractivity contribution in [2.45, 2.75) is 11.9 Å². The molecule has 3 heterocycles. The van der Waals surface area contributed by atoms with Gasteiger partial charge in [-0.25, -0.2) is 8.42 Å². The second kappa shape index (κ2) is 7.47. The first-order chi connectivity index (χ1) is 10.1. The fraction of sp³-hybridized carbons (Fsp3) is 1.00. The van der Waals surface area contributed by atoms with Crippen LogP contribution in [-0.4, -0.2) is 80.2 Å². The fourth-order valence-electron chi connectivity index (χ4n) is 2.59. The second-order valence-electron chi connectivity index (χ2n) is 5.29. The minimum Gasteiger partial charge on any atom is -0.741 e. The monoisotopic (exact) mass is 345 g/mol. The van der Waals surface area contributed by atoms with Gasteiger partial charge in [0, 0.05) is 37.5 Å². The Hall–Kier alpha value is -1.07. The number of hydrogen-bond acceptors (Lipinski definition) is 5. The predicted molar refractivity (Wildman–Crippen MR) is 70.6 cm³/mol. The normalized spacial score (nSPS) is 27.5. The highest BCUT2D eigenvalue weighted by molar-refractivity contribution is 7.86. The quantitative estimate of drug-likeness (QED) is 0.143. The number of quaternary nitrogens is 1. The lowest BCUT2D eigenvalue weighted by molar-refractivity contribution is -0.941. The van der Waals surface area contributed by atoms with Crippen LogP contribution < -0.4 is 0 Å². The van der Waals surface area contributed by atoms with Crippen molar-refractivity contribution in [2.24, 2.45) is 5.11 Å².